The number of carboxylic acid groups (broad SMARTS) is 1. The summed E-state index contributed by atoms with van der Waals surface area (Å²) in [6.45, 7) is 3.68. The van der Waals surface area contributed by atoms with Crippen LogP contribution in [0.1, 0.15) is 26.7 Å². The van der Waals surface area contributed by atoms with Crippen molar-refractivity contribution in [1.82, 2.24) is 0 Å². The van der Waals surface area contributed by atoms with Gasteiger partial charge in [0, 0.05) is 11.5 Å². The van der Waals surface area contributed by atoms with Crippen LogP contribution in [-0.2, 0) is 19.1 Å². The molecule has 1 saturated heterocycles. The molecule has 1 heterocycles. The molecule has 0 aromatic carbocycles. The molecule has 3 rings (SSSR count). The van der Waals surface area contributed by atoms with Gasteiger partial charge in [-0.15, -0.1) is 0 Å². The molecule has 0 aromatic heterocycles. The first-order chi connectivity index (χ1) is 9.41. The van der Waals surface area contributed by atoms with Crippen LogP contribution in [0, 0.1) is 17.8 Å². The predicted octanol–water partition coefficient (Wildman–Crippen LogP) is 1.48. The van der Waals surface area contributed by atoms with Crippen molar-refractivity contribution in [2.24, 2.45) is 17.8 Å². The summed E-state index contributed by atoms with van der Waals surface area (Å²) in [7, 11) is 0. The number of fused-ring (bicyclic) bond motifs is 3. The minimum absolute atomic E-state index is 0.0198. The van der Waals surface area contributed by atoms with E-state index in [9.17, 15) is 19.5 Å². The average molecular weight is 276 g/mol. The van der Waals surface area contributed by atoms with Gasteiger partial charge in [0.15, 0.2) is 5.78 Å². The Hall–Kier alpha value is -1.91. The van der Waals surface area contributed by atoms with Gasteiger partial charge in [0.05, 0.1) is 17.4 Å². The van der Waals surface area contributed by atoms with Crippen LogP contribution in [0.2, 0.25) is 0 Å². The van der Waals surface area contributed by atoms with E-state index in [-0.39, 0.29) is 29.2 Å². The van der Waals surface area contributed by atoms with Gasteiger partial charge >= 0.3 is 11.9 Å². The number of esters is 1. The van der Waals surface area contributed by atoms with Crippen LogP contribution in [0.3, 0.4) is 0 Å². The van der Waals surface area contributed by atoms with Crippen molar-refractivity contribution in [1.29, 1.82) is 0 Å². The Morgan fingerprint density at radius 3 is 2.75 bits per heavy atom. The van der Waals surface area contributed by atoms with E-state index in [0.29, 0.717) is 12.0 Å². The largest absolute Gasteiger partial charge is 0.478 e. The van der Waals surface area contributed by atoms with Crippen LogP contribution in [0.25, 0.3) is 0 Å². The minimum Gasteiger partial charge on any atom is -0.478 e. The Balaban J connectivity index is 2.11. The topological polar surface area (TPSA) is 80.7 Å². The number of allylic oxidation sites excluding steroid dienone is 2. The Morgan fingerprint density at radius 2 is 2.10 bits per heavy atom. The number of hydrogen-bond acceptors (Lipinski definition) is 4. The van der Waals surface area contributed by atoms with Crippen LogP contribution in [-0.4, -0.2) is 28.9 Å². The molecule has 0 radical (unpaired) electrons. The molecule has 0 saturated carbocycles. The Morgan fingerprint density at radius 1 is 1.40 bits per heavy atom. The number of ether oxygens (including phenoxy) is 1. The SMILES string of the molecule is CC1=C2C(=O)C=C(C(=O)O)C2C2OC(=O)C(C)[C@@H]2CC1. The maximum Gasteiger partial charge on any atom is 0.332 e. The number of aliphatic carboxylic acids is 1. The molecule has 2 aliphatic carbocycles. The van der Waals surface area contributed by atoms with Gasteiger partial charge in [-0.3, -0.25) is 9.59 Å². The third-order valence-corrected chi connectivity index (χ3v) is 4.77. The van der Waals surface area contributed by atoms with Gasteiger partial charge in [-0.25, -0.2) is 4.79 Å². The number of carboxylic acids is 1. The average Bonchev–Trinajstić information content (AvgIpc) is 2.81. The Kier molecular flexibility index (Phi) is 2.81. The molecule has 3 aliphatic rings. The van der Waals surface area contributed by atoms with E-state index in [1.54, 1.807) is 0 Å². The number of rotatable bonds is 1. The molecule has 106 valence electrons. The van der Waals surface area contributed by atoms with Crippen LogP contribution in [0.15, 0.2) is 22.8 Å². The van der Waals surface area contributed by atoms with Gasteiger partial charge in [-0.2, -0.15) is 0 Å². The molecular weight excluding hydrogens is 260 g/mol. The molecule has 1 N–H and O–H groups in total. The first-order valence-electron chi connectivity index (χ1n) is 6.81. The Labute approximate surface area is 116 Å². The molecule has 3 unspecified atom stereocenters. The number of ketones is 1. The quantitative estimate of drug-likeness (QED) is 0.734. The second-order valence-corrected chi connectivity index (χ2v) is 5.83. The van der Waals surface area contributed by atoms with Gasteiger partial charge < -0.3 is 9.84 Å². The highest BCUT2D eigenvalue weighted by Gasteiger charge is 2.52. The molecule has 5 heteroatoms. The lowest BCUT2D eigenvalue weighted by Gasteiger charge is -2.24. The maximum absolute atomic E-state index is 12.1. The van der Waals surface area contributed by atoms with E-state index in [1.807, 2.05) is 13.8 Å². The van der Waals surface area contributed by atoms with Crippen LogP contribution < -0.4 is 0 Å². The van der Waals surface area contributed by atoms with E-state index in [1.165, 1.54) is 6.08 Å². The fraction of sp³-hybridized carbons (Fsp3) is 0.533. The first kappa shape index (κ1) is 13.1. The summed E-state index contributed by atoms with van der Waals surface area (Å²) < 4.78 is 5.42. The maximum atomic E-state index is 12.1. The highest BCUT2D eigenvalue weighted by atomic mass is 16.6. The monoisotopic (exact) mass is 276 g/mol. The second-order valence-electron chi connectivity index (χ2n) is 5.83. The molecule has 1 aliphatic heterocycles. The van der Waals surface area contributed by atoms with Crippen LogP contribution in [0.4, 0.5) is 0 Å². The standard InChI is InChI=1S/C15H16O5/c1-6-3-4-8-7(2)15(19)20-13(8)12-9(14(17)18)5-10(16)11(6)12/h5,7-8,12-13H,3-4H2,1-2H3,(H,17,18)/t7?,8-,12?,13?/m0/s1. The molecule has 1 fully saturated rings. The van der Waals surface area contributed by atoms with Gasteiger partial charge in [0.1, 0.15) is 6.10 Å². The van der Waals surface area contributed by atoms with Crippen molar-refractivity contribution in [3.05, 3.63) is 22.8 Å². The van der Waals surface area contributed by atoms with E-state index in [2.05, 4.69) is 0 Å². The molecule has 4 atom stereocenters. The van der Waals surface area contributed by atoms with Crippen molar-refractivity contribution < 1.29 is 24.2 Å². The van der Waals surface area contributed by atoms with Gasteiger partial charge in [-0.05, 0) is 25.8 Å². The van der Waals surface area contributed by atoms with Gasteiger partial charge in [0.25, 0.3) is 0 Å². The molecule has 0 bridgehead atoms. The molecule has 0 amide bonds. The lowest BCUT2D eigenvalue weighted by atomic mass is 9.80. The van der Waals surface area contributed by atoms with Crippen molar-refractivity contribution in [2.45, 2.75) is 32.8 Å². The normalized spacial score (nSPS) is 36.2. The van der Waals surface area contributed by atoms with Crippen LogP contribution >= 0.6 is 0 Å². The van der Waals surface area contributed by atoms with Crippen LogP contribution in [0.5, 0.6) is 0 Å². The molecule has 0 aromatic rings. The number of carbonyl (C=O) groups is 3. The zero-order valence-corrected chi connectivity index (χ0v) is 11.4. The molecule has 20 heavy (non-hydrogen) atoms. The van der Waals surface area contributed by atoms with Crippen molar-refractivity contribution in [3.8, 4) is 0 Å². The van der Waals surface area contributed by atoms with Crippen molar-refractivity contribution in [2.75, 3.05) is 0 Å². The van der Waals surface area contributed by atoms with E-state index >= 15 is 0 Å². The summed E-state index contributed by atoms with van der Waals surface area (Å²) in [6.07, 6.45) is 2.13. The summed E-state index contributed by atoms with van der Waals surface area (Å²) in [5.41, 5.74) is 1.50. The zero-order valence-electron chi connectivity index (χ0n) is 11.4. The summed E-state index contributed by atoms with van der Waals surface area (Å²) in [5, 5.41) is 9.32. The molecule has 5 nitrogen and oxygen atoms in total. The van der Waals surface area contributed by atoms with Crippen molar-refractivity contribution in [3.63, 3.8) is 0 Å². The fourth-order valence-corrected chi connectivity index (χ4v) is 3.66. The lowest BCUT2D eigenvalue weighted by molar-refractivity contribution is -0.145. The highest BCUT2D eigenvalue weighted by molar-refractivity contribution is 6.14. The van der Waals surface area contributed by atoms with Gasteiger partial charge in [0.2, 0.25) is 0 Å². The Bertz CT molecular complexity index is 583. The summed E-state index contributed by atoms with van der Waals surface area (Å²) in [6, 6.07) is 0. The minimum atomic E-state index is -1.11. The zero-order chi connectivity index (χ0) is 14.6. The summed E-state index contributed by atoms with van der Waals surface area (Å²) in [5.74, 6) is -2.50. The smallest absolute Gasteiger partial charge is 0.332 e. The van der Waals surface area contributed by atoms with Gasteiger partial charge in [-0.1, -0.05) is 12.5 Å². The third-order valence-electron chi connectivity index (χ3n) is 4.77. The summed E-state index contributed by atoms with van der Waals surface area (Å²) >= 11 is 0. The molecular formula is C15H16O5. The molecule has 0 spiro atoms. The highest BCUT2D eigenvalue weighted by Crippen LogP contribution is 2.47. The van der Waals surface area contributed by atoms with E-state index in [4.69, 9.17) is 4.74 Å². The summed E-state index contributed by atoms with van der Waals surface area (Å²) in [4.78, 5) is 35.3. The third kappa shape index (κ3) is 1.65. The second kappa shape index (κ2) is 4.30. The van der Waals surface area contributed by atoms with E-state index < -0.39 is 18.0 Å². The lowest BCUT2D eigenvalue weighted by Crippen LogP contribution is -2.30. The number of carbonyl (C=O) groups excluding carboxylic acids is 2. The fourth-order valence-electron chi connectivity index (χ4n) is 3.66. The predicted molar refractivity (Wildman–Crippen MR) is 68.7 cm³/mol. The first-order valence-corrected chi connectivity index (χ1v) is 6.81. The van der Waals surface area contributed by atoms with Crippen molar-refractivity contribution >= 4 is 17.7 Å². The van der Waals surface area contributed by atoms with E-state index in [0.717, 1.165) is 12.0 Å². The number of hydrogen-bond donors (Lipinski definition) is 1.